The second-order valence-electron chi connectivity index (χ2n) is 4.25. The number of anilines is 1. The molecule has 0 bridgehead atoms. The molecule has 7 heteroatoms. The predicted octanol–water partition coefficient (Wildman–Crippen LogP) is 1.94. The fraction of sp³-hybridized carbons (Fsp3) is 0.214. The molecule has 1 amide bonds. The van der Waals surface area contributed by atoms with Gasteiger partial charge in [-0.3, -0.25) is 4.79 Å². The van der Waals surface area contributed by atoms with Crippen LogP contribution in [0.2, 0.25) is 0 Å². The summed E-state index contributed by atoms with van der Waals surface area (Å²) in [6.45, 7) is 5.10. The van der Waals surface area contributed by atoms with E-state index in [1.54, 1.807) is 18.1 Å². The average molecular weight is 292 g/mol. The summed E-state index contributed by atoms with van der Waals surface area (Å²) in [4.78, 5) is 12.6. The number of nitrogens with one attached hydrogen (secondary N) is 1. The summed E-state index contributed by atoms with van der Waals surface area (Å²) in [6.07, 6.45) is 3.57. The largest absolute Gasteiger partial charge is 0.330 e. The molecule has 1 rings (SSSR count). The highest BCUT2D eigenvalue weighted by Crippen LogP contribution is 2.23. The molecule has 0 radical (unpaired) electrons. The van der Waals surface area contributed by atoms with Crippen molar-refractivity contribution in [1.29, 1.82) is 0 Å². The second kappa shape index (κ2) is 7.91. The predicted molar refractivity (Wildman–Crippen MR) is 79.1 cm³/mol. The lowest BCUT2D eigenvalue weighted by Gasteiger charge is -2.10. The lowest BCUT2D eigenvalue weighted by Crippen LogP contribution is -2.72. The van der Waals surface area contributed by atoms with Gasteiger partial charge in [-0.15, -0.1) is 10.2 Å². The Morgan fingerprint density at radius 1 is 1.52 bits per heavy atom. The zero-order valence-corrected chi connectivity index (χ0v) is 12.3. The average Bonchev–Trinajstić information content (AvgIpc) is 2.44. The number of nitrogens with zero attached hydrogens (tertiary/aromatic N) is 3. The van der Waals surface area contributed by atoms with E-state index in [0.717, 1.165) is 0 Å². The third-order valence-corrected chi connectivity index (χ3v) is 2.45. The number of quaternary nitrogens is 1. The molecule has 0 aliphatic carbocycles. The lowest BCUT2D eigenvalue weighted by molar-refractivity contribution is -0.557. The molecule has 6 nitrogen and oxygen atoms in total. The van der Waals surface area contributed by atoms with Crippen molar-refractivity contribution in [2.75, 3.05) is 19.4 Å². The van der Waals surface area contributed by atoms with Gasteiger partial charge in [-0.1, -0.05) is 6.58 Å². The summed E-state index contributed by atoms with van der Waals surface area (Å²) in [5.41, 5.74) is 0.485. The van der Waals surface area contributed by atoms with Gasteiger partial charge in [0.25, 0.3) is 0 Å². The smallest absolute Gasteiger partial charge is 0.221 e. The van der Waals surface area contributed by atoms with Crippen LogP contribution in [0.15, 0.2) is 53.2 Å². The molecule has 0 atom stereocenters. The lowest BCUT2D eigenvalue weighted by atomic mass is 10.2. The van der Waals surface area contributed by atoms with Crippen LogP contribution >= 0.6 is 0 Å². The summed E-state index contributed by atoms with van der Waals surface area (Å²) >= 11 is 0. The van der Waals surface area contributed by atoms with Crippen LogP contribution in [0.4, 0.5) is 15.8 Å². The molecule has 0 unspecified atom stereocenters. The zero-order valence-electron chi connectivity index (χ0n) is 12.3. The number of carbonyl (C=O) groups is 1. The van der Waals surface area contributed by atoms with Crippen molar-refractivity contribution in [3.8, 4) is 0 Å². The fourth-order valence-electron chi connectivity index (χ4n) is 1.35. The van der Waals surface area contributed by atoms with Gasteiger partial charge >= 0.3 is 0 Å². The summed E-state index contributed by atoms with van der Waals surface area (Å²) in [5.74, 6) is -0.409. The molecule has 0 saturated heterocycles. The van der Waals surface area contributed by atoms with Crippen LogP contribution in [0, 0.1) is 5.82 Å². The molecule has 3 N–H and O–H groups in total. The fourth-order valence-corrected chi connectivity index (χ4v) is 1.35. The standard InChI is InChI=1S/C14H18FN5O/c1-10(20(4)8-7-16-3)18-19-14-9-12(17-11(2)21)5-6-13(14)15/h5-9,16H,1H2,2-4H3,(H,17,21)/p+1. The van der Waals surface area contributed by atoms with Gasteiger partial charge < -0.3 is 15.5 Å². The van der Waals surface area contributed by atoms with Crippen LogP contribution in [0.1, 0.15) is 6.92 Å². The van der Waals surface area contributed by atoms with E-state index in [2.05, 4.69) is 22.1 Å². The van der Waals surface area contributed by atoms with Crippen molar-refractivity contribution in [3.63, 3.8) is 0 Å². The minimum Gasteiger partial charge on any atom is -0.330 e. The third-order valence-electron chi connectivity index (χ3n) is 2.45. The number of carbonyl (C=O) groups excluding carboxylic acids is 1. The topological polar surface area (TPSA) is 73.7 Å². The van der Waals surface area contributed by atoms with Crippen molar-refractivity contribution in [3.05, 3.63) is 48.8 Å². The number of hydrogen-bond donors (Lipinski definition) is 2. The molecule has 0 aliphatic heterocycles. The highest BCUT2D eigenvalue weighted by atomic mass is 19.1. The van der Waals surface area contributed by atoms with Gasteiger partial charge in [0.15, 0.2) is 5.82 Å². The molecule has 21 heavy (non-hydrogen) atoms. The number of nitrogens with two attached hydrogens (primary N) is 1. The van der Waals surface area contributed by atoms with Crippen LogP contribution in [-0.4, -0.2) is 24.9 Å². The normalized spacial score (nSPS) is 11.0. The molecular weight excluding hydrogens is 273 g/mol. The van der Waals surface area contributed by atoms with Crippen LogP contribution in [0.3, 0.4) is 0 Å². The first-order valence-corrected chi connectivity index (χ1v) is 6.30. The minimum absolute atomic E-state index is 0.0295. The van der Waals surface area contributed by atoms with Crippen molar-refractivity contribution >= 4 is 17.3 Å². The quantitative estimate of drug-likeness (QED) is 0.786. The molecule has 0 spiro atoms. The number of halogens is 1. The van der Waals surface area contributed by atoms with Crippen molar-refractivity contribution in [2.24, 2.45) is 10.2 Å². The first-order chi connectivity index (χ1) is 9.93. The molecule has 112 valence electrons. The number of azo groups is 1. The van der Waals surface area contributed by atoms with Crippen LogP contribution in [-0.2, 0) is 4.79 Å². The van der Waals surface area contributed by atoms with E-state index in [9.17, 15) is 9.18 Å². The second-order valence-corrected chi connectivity index (χ2v) is 4.25. The van der Waals surface area contributed by atoms with Crippen LogP contribution in [0.25, 0.3) is 0 Å². The number of rotatable bonds is 6. The molecule has 0 fully saturated rings. The van der Waals surface area contributed by atoms with Gasteiger partial charge in [0.1, 0.15) is 17.7 Å². The highest BCUT2D eigenvalue weighted by Gasteiger charge is 2.04. The molecular formula is C14H19FN5O+. The van der Waals surface area contributed by atoms with Gasteiger partial charge in [0.05, 0.1) is 13.2 Å². The Bertz CT molecular complexity index is 583. The van der Waals surface area contributed by atoms with Gasteiger partial charge in [0.2, 0.25) is 5.91 Å². The first kappa shape index (κ1) is 16.5. The maximum atomic E-state index is 13.6. The Kier molecular flexibility index (Phi) is 6.22. The Morgan fingerprint density at radius 3 is 2.86 bits per heavy atom. The van der Waals surface area contributed by atoms with E-state index >= 15 is 0 Å². The SMILES string of the molecule is C=C(N=Nc1cc(NC(C)=O)ccc1F)N(C)C=C[NH2+]C. The molecule has 0 saturated carbocycles. The van der Waals surface area contributed by atoms with E-state index in [-0.39, 0.29) is 11.6 Å². The monoisotopic (exact) mass is 292 g/mol. The van der Waals surface area contributed by atoms with Crippen molar-refractivity contribution in [2.45, 2.75) is 6.92 Å². The number of amides is 1. The highest BCUT2D eigenvalue weighted by molar-refractivity contribution is 5.89. The molecule has 0 aromatic heterocycles. The maximum Gasteiger partial charge on any atom is 0.221 e. The Hall–Kier alpha value is -2.54. The van der Waals surface area contributed by atoms with Crippen LogP contribution < -0.4 is 10.6 Å². The van der Waals surface area contributed by atoms with E-state index in [1.165, 1.54) is 25.1 Å². The molecule has 0 aliphatic rings. The third kappa shape index (κ3) is 5.53. The summed E-state index contributed by atoms with van der Waals surface area (Å²) in [7, 11) is 3.64. The summed E-state index contributed by atoms with van der Waals surface area (Å²) in [5, 5.41) is 12.1. The van der Waals surface area contributed by atoms with E-state index < -0.39 is 5.82 Å². The van der Waals surface area contributed by atoms with E-state index in [0.29, 0.717) is 11.5 Å². The van der Waals surface area contributed by atoms with Gasteiger partial charge in [-0.25, -0.2) is 4.39 Å². The van der Waals surface area contributed by atoms with Crippen LogP contribution in [0.5, 0.6) is 0 Å². The van der Waals surface area contributed by atoms with Crippen molar-refractivity contribution in [1.82, 2.24) is 4.90 Å². The Labute approximate surface area is 123 Å². The van der Waals surface area contributed by atoms with E-state index in [4.69, 9.17) is 0 Å². The Morgan fingerprint density at radius 2 is 2.24 bits per heavy atom. The van der Waals surface area contributed by atoms with Gasteiger partial charge in [-0.2, -0.15) is 0 Å². The Balaban J connectivity index is 2.86. The van der Waals surface area contributed by atoms with Gasteiger partial charge in [-0.05, 0) is 18.2 Å². The summed E-state index contributed by atoms with van der Waals surface area (Å²) < 4.78 is 13.6. The van der Waals surface area contributed by atoms with Gasteiger partial charge in [0, 0.05) is 19.7 Å². The number of benzene rings is 1. The molecule has 0 heterocycles. The first-order valence-electron chi connectivity index (χ1n) is 6.30. The maximum absolute atomic E-state index is 13.6. The summed E-state index contributed by atoms with van der Waals surface area (Å²) in [6, 6.07) is 4.08. The number of hydrogen-bond acceptors (Lipinski definition) is 4. The van der Waals surface area contributed by atoms with Crippen molar-refractivity contribution < 1.29 is 14.5 Å². The zero-order chi connectivity index (χ0) is 15.8. The minimum atomic E-state index is -0.527. The van der Waals surface area contributed by atoms with E-state index in [1.807, 2.05) is 18.6 Å². The molecule has 1 aromatic rings. The molecule has 1 aromatic carbocycles.